The minimum atomic E-state index is -0.0500. The Balaban J connectivity index is 1.15. The number of hydrogen-bond acceptors (Lipinski definition) is 6. The predicted molar refractivity (Wildman–Crippen MR) is 160 cm³/mol. The normalized spacial score (nSPS) is 16.2. The Bertz CT molecular complexity index is 1440. The number of piperidine rings is 1. The van der Waals surface area contributed by atoms with E-state index in [9.17, 15) is 4.79 Å². The fourth-order valence-electron chi connectivity index (χ4n) is 6.11. The van der Waals surface area contributed by atoms with Gasteiger partial charge in [-0.3, -0.25) is 4.79 Å². The molecule has 2 heterocycles. The van der Waals surface area contributed by atoms with Crippen molar-refractivity contribution in [2.24, 2.45) is 11.3 Å². The first-order chi connectivity index (χ1) is 20.1. The molecule has 41 heavy (non-hydrogen) atoms. The summed E-state index contributed by atoms with van der Waals surface area (Å²) in [6, 6.07) is 32.8. The number of methoxy groups -OCH3 is 1. The topological polar surface area (TPSA) is 60.9 Å². The molecule has 0 radical (unpaired) electrons. The molecule has 210 valence electrons. The van der Waals surface area contributed by atoms with Crippen LogP contribution >= 0.6 is 0 Å². The highest BCUT2D eigenvalue weighted by molar-refractivity contribution is 5.74. The number of esters is 1. The van der Waals surface area contributed by atoms with Crippen LogP contribution in [-0.2, 0) is 22.7 Å². The molecule has 4 aromatic rings. The van der Waals surface area contributed by atoms with Gasteiger partial charge in [0.25, 0.3) is 0 Å². The minimum Gasteiger partial charge on any atom is -0.473 e. The van der Waals surface area contributed by atoms with Crippen LogP contribution in [0.3, 0.4) is 0 Å². The lowest BCUT2D eigenvalue weighted by molar-refractivity contribution is -0.154. The lowest BCUT2D eigenvalue weighted by atomic mass is 9.57. The van der Waals surface area contributed by atoms with Crippen LogP contribution in [0.2, 0.25) is 0 Å². The molecule has 3 aromatic carbocycles. The van der Waals surface area contributed by atoms with E-state index in [2.05, 4.69) is 29.2 Å². The summed E-state index contributed by atoms with van der Waals surface area (Å²) in [6.07, 6.45) is 4.18. The van der Waals surface area contributed by atoms with E-state index in [1.807, 2.05) is 72.8 Å². The maximum atomic E-state index is 11.8. The molecule has 1 saturated carbocycles. The number of carbonyl (C=O) groups excluding carboxylic acids is 1. The van der Waals surface area contributed by atoms with Gasteiger partial charge in [-0.25, -0.2) is 0 Å². The molecule has 0 unspecified atom stereocenters. The summed E-state index contributed by atoms with van der Waals surface area (Å²) < 4.78 is 17.2. The van der Waals surface area contributed by atoms with Crippen molar-refractivity contribution in [2.75, 3.05) is 25.1 Å². The van der Waals surface area contributed by atoms with Gasteiger partial charge in [-0.1, -0.05) is 72.8 Å². The molecule has 2 aliphatic rings. The summed E-state index contributed by atoms with van der Waals surface area (Å²) in [5.74, 6) is 1.13. The Kier molecular flexibility index (Phi) is 7.90. The summed E-state index contributed by atoms with van der Waals surface area (Å²) in [5, 5.41) is 0. The molecule has 6 nitrogen and oxygen atoms in total. The Hall–Kier alpha value is -4.32. The summed E-state index contributed by atoms with van der Waals surface area (Å²) in [4.78, 5) is 19.1. The SMILES string of the molecule is COC(=O)C1CC2(CCN(c3ccc(-c4ccc(OCc5ccccc5)nc4OCc4ccccc4)cc3)CC2)C1. The average molecular weight is 549 g/mol. The second-order valence-electron chi connectivity index (χ2n) is 11.2. The van der Waals surface area contributed by atoms with E-state index in [1.165, 1.54) is 12.8 Å². The maximum Gasteiger partial charge on any atom is 0.308 e. The van der Waals surface area contributed by atoms with Crippen LogP contribution in [0.4, 0.5) is 5.69 Å². The van der Waals surface area contributed by atoms with Crippen molar-refractivity contribution in [2.45, 2.75) is 38.9 Å². The van der Waals surface area contributed by atoms with E-state index in [4.69, 9.17) is 19.2 Å². The van der Waals surface area contributed by atoms with Crippen LogP contribution in [0, 0.1) is 11.3 Å². The van der Waals surface area contributed by atoms with Crippen LogP contribution in [0.5, 0.6) is 11.8 Å². The van der Waals surface area contributed by atoms with Gasteiger partial charge in [-0.05, 0) is 66.0 Å². The standard InChI is InChI=1S/C35H36N2O4/c1-39-34(38)29-22-35(23-29)18-20-37(21-19-35)30-14-12-28(13-15-30)31-16-17-32(40-24-26-8-4-2-5-9-26)36-33(31)41-25-27-10-6-3-7-11-27/h2-17,29H,18-25H2,1H3. The Morgan fingerprint density at radius 1 is 0.805 bits per heavy atom. The summed E-state index contributed by atoms with van der Waals surface area (Å²) in [6.45, 7) is 2.88. The Morgan fingerprint density at radius 2 is 1.41 bits per heavy atom. The molecule has 6 rings (SSSR count). The van der Waals surface area contributed by atoms with E-state index in [0.717, 1.165) is 61.0 Å². The number of benzene rings is 3. The van der Waals surface area contributed by atoms with Gasteiger partial charge in [-0.2, -0.15) is 4.98 Å². The van der Waals surface area contributed by atoms with Gasteiger partial charge in [0.2, 0.25) is 11.8 Å². The number of carbonyl (C=O) groups is 1. The van der Waals surface area contributed by atoms with Gasteiger partial charge < -0.3 is 19.1 Å². The van der Waals surface area contributed by atoms with Gasteiger partial charge in [0.1, 0.15) is 13.2 Å². The zero-order valence-electron chi connectivity index (χ0n) is 23.5. The largest absolute Gasteiger partial charge is 0.473 e. The van der Waals surface area contributed by atoms with Crippen LogP contribution in [0.1, 0.15) is 36.8 Å². The molecule has 1 spiro atoms. The summed E-state index contributed by atoms with van der Waals surface area (Å²) >= 11 is 0. The third kappa shape index (κ3) is 6.22. The van der Waals surface area contributed by atoms with Crippen molar-refractivity contribution < 1.29 is 19.0 Å². The molecular formula is C35H36N2O4. The number of ether oxygens (including phenoxy) is 3. The Morgan fingerprint density at radius 3 is 2.02 bits per heavy atom. The van der Waals surface area contributed by atoms with Gasteiger partial charge in [0, 0.05) is 30.4 Å². The van der Waals surface area contributed by atoms with Gasteiger partial charge in [-0.15, -0.1) is 0 Å². The fourth-order valence-corrected chi connectivity index (χ4v) is 6.11. The monoisotopic (exact) mass is 548 g/mol. The maximum absolute atomic E-state index is 11.8. The zero-order valence-corrected chi connectivity index (χ0v) is 23.5. The number of anilines is 1. The van der Waals surface area contributed by atoms with Crippen molar-refractivity contribution in [3.05, 3.63) is 108 Å². The van der Waals surface area contributed by atoms with Crippen molar-refractivity contribution >= 4 is 11.7 Å². The predicted octanol–water partition coefficient (Wildman–Crippen LogP) is 7.08. The van der Waals surface area contributed by atoms with E-state index in [1.54, 1.807) is 0 Å². The lowest BCUT2D eigenvalue weighted by Gasteiger charge is -2.51. The van der Waals surface area contributed by atoms with Gasteiger partial charge >= 0.3 is 5.97 Å². The van der Waals surface area contributed by atoms with Gasteiger partial charge in [0.15, 0.2) is 0 Å². The summed E-state index contributed by atoms with van der Waals surface area (Å²) in [7, 11) is 1.49. The number of rotatable bonds is 9. The molecule has 1 aliphatic heterocycles. The van der Waals surface area contributed by atoms with Crippen molar-refractivity contribution in [1.29, 1.82) is 0 Å². The molecular weight excluding hydrogens is 512 g/mol. The van der Waals surface area contributed by atoms with E-state index in [0.29, 0.717) is 30.4 Å². The van der Waals surface area contributed by atoms with Crippen LogP contribution < -0.4 is 14.4 Å². The van der Waals surface area contributed by atoms with E-state index >= 15 is 0 Å². The fraction of sp³-hybridized carbons (Fsp3) is 0.314. The molecule has 0 N–H and O–H groups in total. The number of pyridine rings is 1. The smallest absolute Gasteiger partial charge is 0.308 e. The molecule has 6 heteroatoms. The highest BCUT2D eigenvalue weighted by Crippen LogP contribution is 2.53. The van der Waals surface area contributed by atoms with Gasteiger partial charge in [0.05, 0.1) is 13.0 Å². The van der Waals surface area contributed by atoms with Crippen LogP contribution in [-0.4, -0.2) is 31.2 Å². The molecule has 0 atom stereocenters. The second-order valence-corrected chi connectivity index (χ2v) is 11.2. The van der Waals surface area contributed by atoms with Crippen molar-refractivity contribution in [1.82, 2.24) is 4.98 Å². The lowest BCUT2D eigenvalue weighted by Crippen LogP contribution is -2.49. The number of aromatic nitrogens is 1. The first-order valence-electron chi connectivity index (χ1n) is 14.4. The molecule has 0 bridgehead atoms. The van der Waals surface area contributed by atoms with Crippen molar-refractivity contribution in [3.8, 4) is 22.9 Å². The molecule has 0 amide bonds. The quantitative estimate of drug-likeness (QED) is 0.208. The zero-order chi connectivity index (χ0) is 28.1. The third-order valence-electron chi connectivity index (χ3n) is 8.54. The number of nitrogens with zero attached hydrogens (tertiary/aromatic N) is 2. The highest BCUT2D eigenvalue weighted by Gasteiger charge is 2.48. The van der Waals surface area contributed by atoms with Crippen LogP contribution in [0.15, 0.2) is 97.1 Å². The van der Waals surface area contributed by atoms with Crippen molar-refractivity contribution in [3.63, 3.8) is 0 Å². The molecule has 1 aliphatic carbocycles. The minimum absolute atomic E-state index is 0.0500. The first kappa shape index (κ1) is 26.9. The summed E-state index contributed by atoms with van der Waals surface area (Å²) in [5.41, 5.74) is 5.68. The molecule has 2 fully saturated rings. The Labute approximate surface area is 241 Å². The van der Waals surface area contributed by atoms with Crippen LogP contribution in [0.25, 0.3) is 11.1 Å². The first-order valence-corrected chi connectivity index (χ1v) is 14.4. The molecule has 1 saturated heterocycles. The average Bonchev–Trinajstić information content (AvgIpc) is 3.02. The number of hydrogen-bond donors (Lipinski definition) is 0. The second kappa shape index (κ2) is 12.0. The molecule has 1 aromatic heterocycles. The highest BCUT2D eigenvalue weighted by atomic mass is 16.5. The third-order valence-corrected chi connectivity index (χ3v) is 8.54. The van der Waals surface area contributed by atoms with E-state index < -0.39 is 0 Å². The van der Waals surface area contributed by atoms with E-state index in [-0.39, 0.29) is 11.9 Å².